The molecule has 2 aromatic carbocycles. The Kier molecular flexibility index (Phi) is 7.71. The average molecular weight is 447 g/mol. The number of benzene rings is 2. The summed E-state index contributed by atoms with van der Waals surface area (Å²) in [4.78, 5) is 26.7. The third-order valence-corrected chi connectivity index (χ3v) is 5.67. The highest BCUT2D eigenvalue weighted by Crippen LogP contribution is 2.11. The molecule has 0 unspecified atom stereocenters. The van der Waals surface area contributed by atoms with Gasteiger partial charge >= 0.3 is 6.03 Å². The highest BCUT2D eigenvalue weighted by molar-refractivity contribution is 5.92. The van der Waals surface area contributed by atoms with E-state index in [0.29, 0.717) is 19.6 Å². The molecule has 33 heavy (non-hydrogen) atoms. The molecular formula is C25H30N6O2. The number of urea groups is 1. The van der Waals surface area contributed by atoms with Crippen molar-refractivity contribution in [2.45, 2.75) is 32.0 Å². The van der Waals surface area contributed by atoms with E-state index in [0.717, 1.165) is 37.2 Å². The van der Waals surface area contributed by atoms with Crippen LogP contribution in [0.5, 0.6) is 0 Å². The molecule has 1 aliphatic rings. The third-order valence-electron chi connectivity index (χ3n) is 5.67. The van der Waals surface area contributed by atoms with Crippen LogP contribution in [0, 0.1) is 0 Å². The molecule has 3 amide bonds. The van der Waals surface area contributed by atoms with Gasteiger partial charge in [-0.2, -0.15) is 5.10 Å². The number of piperidine rings is 1. The lowest BCUT2D eigenvalue weighted by Gasteiger charge is -2.31. The number of carbonyl (C=O) groups is 2. The molecule has 1 saturated heterocycles. The van der Waals surface area contributed by atoms with Crippen molar-refractivity contribution in [1.82, 2.24) is 25.3 Å². The van der Waals surface area contributed by atoms with Gasteiger partial charge in [-0.05, 0) is 30.5 Å². The Balaban J connectivity index is 1.13. The number of amides is 3. The summed E-state index contributed by atoms with van der Waals surface area (Å²) in [5.41, 5.74) is 2.95. The molecular weight excluding hydrogens is 416 g/mol. The van der Waals surface area contributed by atoms with E-state index in [1.165, 1.54) is 5.56 Å². The van der Waals surface area contributed by atoms with Gasteiger partial charge in [0, 0.05) is 43.1 Å². The topological polar surface area (TPSA) is 91.3 Å². The number of carbonyl (C=O) groups excluding carboxylic acids is 2. The molecule has 0 bridgehead atoms. The normalized spacial score (nSPS) is 14.5. The first kappa shape index (κ1) is 22.5. The standard InChI is InChI=1S/C25H30N6O2/c32-24(28-22-9-5-2-6-10-22)19-30-13-11-23(12-14-30)29-25(33)26-15-21-16-27-31(18-21)17-20-7-3-1-4-8-20/h1-10,16,18,23H,11-15,17,19H2,(H,28,32)(H2,26,29,33). The van der Waals surface area contributed by atoms with Crippen LogP contribution in [-0.4, -0.2) is 52.3 Å². The van der Waals surface area contributed by atoms with Gasteiger partial charge in [0.2, 0.25) is 5.91 Å². The monoisotopic (exact) mass is 446 g/mol. The van der Waals surface area contributed by atoms with Gasteiger partial charge in [-0.1, -0.05) is 48.5 Å². The maximum atomic E-state index is 12.3. The van der Waals surface area contributed by atoms with Crippen molar-refractivity contribution in [3.63, 3.8) is 0 Å². The zero-order chi connectivity index (χ0) is 22.9. The molecule has 1 fully saturated rings. The molecule has 0 radical (unpaired) electrons. The van der Waals surface area contributed by atoms with E-state index >= 15 is 0 Å². The van der Waals surface area contributed by atoms with Crippen molar-refractivity contribution in [2.24, 2.45) is 0 Å². The van der Waals surface area contributed by atoms with Crippen LogP contribution in [-0.2, 0) is 17.9 Å². The molecule has 2 heterocycles. The summed E-state index contributed by atoms with van der Waals surface area (Å²) >= 11 is 0. The Hall–Kier alpha value is -3.65. The highest BCUT2D eigenvalue weighted by Gasteiger charge is 2.22. The van der Waals surface area contributed by atoms with Gasteiger partial charge in [-0.15, -0.1) is 0 Å². The van der Waals surface area contributed by atoms with E-state index in [1.807, 2.05) is 59.4 Å². The molecule has 172 valence electrons. The summed E-state index contributed by atoms with van der Waals surface area (Å²) in [7, 11) is 0. The molecule has 1 aliphatic heterocycles. The Bertz CT molecular complexity index is 1030. The van der Waals surface area contributed by atoms with Crippen molar-refractivity contribution in [3.8, 4) is 0 Å². The predicted octanol–water partition coefficient (Wildman–Crippen LogP) is 2.83. The lowest BCUT2D eigenvalue weighted by molar-refractivity contribution is -0.117. The van der Waals surface area contributed by atoms with Crippen molar-refractivity contribution in [1.29, 1.82) is 0 Å². The Labute approximate surface area is 194 Å². The molecule has 0 saturated carbocycles. The van der Waals surface area contributed by atoms with Crippen molar-refractivity contribution in [2.75, 3.05) is 25.0 Å². The second-order valence-corrected chi connectivity index (χ2v) is 8.32. The first-order chi connectivity index (χ1) is 16.1. The van der Waals surface area contributed by atoms with E-state index < -0.39 is 0 Å². The summed E-state index contributed by atoms with van der Waals surface area (Å²) in [5, 5.41) is 13.2. The van der Waals surface area contributed by atoms with Gasteiger partial charge in [-0.3, -0.25) is 14.4 Å². The summed E-state index contributed by atoms with van der Waals surface area (Å²) in [6, 6.07) is 19.5. The average Bonchev–Trinajstić information content (AvgIpc) is 3.27. The number of hydrogen-bond acceptors (Lipinski definition) is 4. The van der Waals surface area contributed by atoms with Crippen molar-refractivity contribution >= 4 is 17.6 Å². The van der Waals surface area contributed by atoms with Crippen LogP contribution in [0.15, 0.2) is 73.1 Å². The summed E-state index contributed by atoms with van der Waals surface area (Å²) in [6.45, 7) is 3.05. The van der Waals surface area contributed by atoms with Gasteiger partial charge in [0.05, 0.1) is 19.3 Å². The van der Waals surface area contributed by atoms with Gasteiger partial charge in [-0.25, -0.2) is 4.79 Å². The lowest BCUT2D eigenvalue weighted by atomic mass is 10.1. The third kappa shape index (κ3) is 7.18. The first-order valence-corrected chi connectivity index (χ1v) is 11.3. The SMILES string of the molecule is O=C(CN1CCC(NC(=O)NCc2cnn(Cc3ccccc3)c2)CC1)Nc1ccccc1. The van der Waals surface area contributed by atoms with Crippen LogP contribution in [0.1, 0.15) is 24.0 Å². The maximum Gasteiger partial charge on any atom is 0.315 e. The number of anilines is 1. The van der Waals surface area contributed by atoms with Crippen LogP contribution in [0.3, 0.4) is 0 Å². The predicted molar refractivity (Wildman–Crippen MR) is 128 cm³/mol. The van der Waals surface area contributed by atoms with Gasteiger partial charge in [0.15, 0.2) is 0 Å². The minimum absolute atomic E-state index is 0.0156. The smallest absolute Gasteiger partial charge is 0.315 e. The van der Waals surface area contributed by atoms with Crippen LogP contribution in [0.4, 0.5) is 10.5 Å². The van der Waals surface area contributed by atoms with Crippen LogP contribution in [0.2, 0.25) is 0 Å². The van der Waals surface area contributed by atoms with Gasteiger partial charge < -0.3 is 16.0 Å². The number of nitrogens with one attached hydrogen (secondary N) is 3. The number of hydrogen-bond donors (Lipinski definition) is 3. The number of rotatable bonds is 8. The number of aromatic nitrogens is 2. The quantitative estimate of drug-likeness (QED) is 0.496. The Morgan fingerprint density at radius 2 is 1.64 bits per heavy atom. The van der Waals surface area contributed by atoms with E-state index in [2.05, 4.69) is 38.1 Å². The largest absolute Gasteiger partial charge is 0.335 e. The van der Waals surface area contributed by atoms with Gasteiger partial charge in [0.25, 0.3) is 0 Å². The maximum absolute atomic E-state index is 12.3. The number of likely N-dealkylation sites (tertiary alicyclic amines) is 1. The molecule has 8 heteroatoms. The molecule has 3 aromatic rings. The van der Waals surface area contributed by atoms with Crippen molar-refractivity contribution < 1.29 is 9.59 Å². The molecule has 3 N–H and O–H groups in total. The van der Waals surface area contributed by atoms with Crippen LogP contribution in [0.25, 0.3) is 0 Å². The molecule has 1 aromatic heterocycles. The number of nitrogens with zero attached hydrogens (tertiary/aromatic N) is 3. The second kappa shape index (κ2) is 11.3. The van der Waals surface area contributed by atoms with E-state index in [4.69, 9.17) is 0 Å². The minimum Gasteiger partial charge on any atom is -0.335 e. The molecule has 8 nitrogen and oxygen atoms in total. The van der Waals surface area contributed by atoms with Crippen molar-refractivity contribution in [3.05, 3.63) is 84.2 Å². The Morgan fingerprint density at radius 3 is 2.36 bits per heavy atom. The first-order valence-electron chi connectivity index (χ1n) is 11.3. The van der Waals surface area contributed by atoms with Crippen LogP contribution >= 0.6 is 0 Å². The fourth-order valence-electron chi connectivity index (χ4n) is 3.93. The molecule has 0 spiro atoms. The second-order valence-electron chi connectivity index (χ2n) is 8.32. The van der Waals surface area contributed by atoms with E-state index in [1.54, 1.807) is 6.20 Å². The zero-order valence-electron chi connectivity index (χ0n) is 18.6. The summed E-state index contributed by atoms with van der Waals surface area (Å²) in [5.74, 6) is -0.0156. The fraction of sp³-hybridized carbons (Fsp3) is 0.320. The van der Waals surface area contributed by atoms with E-state index in [-0.39, 0.29) is 18.0 Å². The highest BCUT2D eigenvalue weighted by atomic mass is 16.2. The van der Waals surface area contributed by atoms with E-state index in [9.17, 15) is 9.59 Å². The fourth-order valence-corrected chi connectivity index (χ4v) is 3.93. The van der Waals surface area contributed by atoms with Crippen LogP contribution < -0.4 is 16.0 Å². The zero-order valence-corrected chi connectivity index (χ0v) is 18.6. The van der Waals surface area contributed by atoms with Gasteiger partial charge in [0.1, 0.15) is 0 Å². The molecule has 0 atom stereocenters. The Morgan fingerprint density at radius 1 is 0.939 bits per heavy atom. The molecule has 4 rings (SSSR count). The summed E-state index contributed by atoms with van der Waals surface area (Å²) < 4.78 is 1.87. The number of para-hydroxylation sites is 1. The summed E-state index contributed by atoms with van der Waals surface area (Å²) in [6.07, 6.45) is 5.37. The molecule has 0 aliphatic carbocycles. The lowest BCUT2D eigenvalue weighted by Crippen LogP contribution is -2.48. The minimum atomic E-state index is -0.175.